The van der Waals surface area contributed by atoms with Crippen LogP contribution in [-0.4, -0.2) is 4.99 Å². The minimum absolute atomic E-state index is 0.283. The predicted octanol–water partition coefficient (Wildman–Crippen LogP) is 5.13. The normalized spacial score (nSPS) is 10.3. The van der Waals surface area contributed by atoms with E-state index in [-0.39, 0.29) is 4.99 Å². The van der Waals surface area contributed by atoms with Gasteiger partial charge in [-0.05, 0) is 52.3 Å². The summed E-state index contributed by atoms with van der Waals surface area (Å²) < 4.78 is 0.824. The molecule has 3 N–H and O–H groups in total. The molecular formula is C13H9BrCl2N2S. The topological polar surface area (TPSA) is 38.0 Å². The van der Waals surface area contributed by atoms with E-state index in [0.717, 1.165) is 15.8 Å². The molecule has 0 atom stereocenters. The summed E-state index contributed by atoms with van der Waals surface area (Å²) in [6.07, 6.45) is 0. The number of nitrogens with one attached hydrogen (secondary N) is 1. The summed E-state index contributed by atoms with van der Waals surface area (Å²) in [5.41, 5.74) is 7.97. The molecule has 19 heavy (non-hydrogen) atoms. The Morgan fingerprint density at radius 1 is 1.05 bits per heavy atom. The maximum atomic E-state index is 6.11. The van der Waals surface area contributed by atoms with Crippen LogP contribution in [-0.2, 0) is 0 Å². The largest absolute Gasteiger partial charge is 0.389 e. The Hall–Kier alpha value is -0.810. The van der Waals surface area contributed by atoms with Gasteiger partial charge in [0.25, 0.3) is 0 Å². The summed E-state index contributed by atoms with van der Waals surface area (Å²) in [5.74, 6) is 0. The molecule has 6 heteroatoms. The second-order valence-corrected chi connectivity index (χ2v) is 5.92. The lowest BCUT2D eigenvalue weighted by molar-refractivity contribution is 1.52. The molecule has 2 aromatic rings. The summed E-state index contributed by atoms with van der Waals surface area (Å²) in [7, 11) is 0. The highest BCUT2D eigenvalue weighted by molar-refractivity contribution is 9.10. The lowest BCUT2D eigenvalue weighted by atomic mass is 10.2. The van der Waals surface area contributed by atoms with Crippen LogP contribution in [0.4, 0.5) is 11.4 Å². The lowest BCUT2D eigenvalue weighted by Crippen LogP contribution is -2.09. The van der Waals surface area contributed by atoms with Gasteiger partial charge in [0.15, 0.2) is 0 Å². The molecule has 0 aliphatic carbocycles. The first kappa shape index (κ1) is 14.6. The van der Waals surface area contributed by atoms with Crippen LogP contribution >= 0.6 is 51.3 Å². The molecular weight excluding hydrogens is 367 g/mol. The van der Waals surface area contributed by atoms with Gasteiger partial charge in [-0.3, -0.25) is 0 Å². The van der Waals surface area contributed by atoms with Gasteiger partial charge in [0.2, 0.25) is 0 Å². The highest BCUT2D eigenvalue weighted by Crippen LogP contribution is 2.28. The predicted molar refractivity (Wildman–Crippen MR) is 89.8 cm³/mol. The van der Waals surface area contributed by atoms with E-state index >= 15 is 0 Å². The van der Waals surface area contributed by atoms with Gasteiger partial charge in [-0.25, -0.2) is 0 Å². The van der Waals surface area contributed by atoms with Gasteiger partial charge in [0, 0.05) is 21.4 Å². The van der Waals surface area contributed by atoms with Gasteiger partial charge < -0.3 is 11.1 Å². The highest BCUT2D eigenvalue weighted by Gasteiger charge is 2.05. The first-order valence-electron chi connectivity index (χ1n) is 5.29. The molecule has 0 aliphatic heterocycles. The third-order valence-electron chi connectivity index (χ3n) is 2.44. The van der Waals surface area contributed by atoms with Crippen LogP contribution in [0.5, 0.6) is 0 Å². The number of rotatable bonds is 3. The number of hydrogen-bond acceptors (Lipinski definition) is 2. The maximum Gasteiger partial charge on any atom is 0.105 e. The Labute approximate surface area is 135 Å². The van der Waals surface area contributed by atoms with Crippen molar-refractivity contribution in [3.63, 3.8) is 0 Å². The van der Waals surface area contributed by atoms with Gasteiger partial charge in [0.1, 0.15) is 4.99 Å². The van der Waals surface area contributed by atoms with Gasteiger partial charge in [-0.1, -0.05) is 35.4 Å². The van der Waals surface area contributed by atoms with E-state index in [2.05, 4.69) is 21.2 Å². The van der Waals surface area contributed by atoms with Gasteiger partial charge in [0.05, 0.1) is 10.0 Å². The SMILES string of the molecule is NC(=S)c1ccc(Nc2ccc(Cl)c(Br)c2)cc1Cl. The van der Waals surface area contributed by atoms with Crippen molar-refractivity contribution in [2.45, 2.75) is 0 Å². The van der Waals surface area contributed by atoms with Gasteiger partial charge in [-0.2, -0.15) is 0 Å². The Balaban J connectivity index is 2.26. The van der Waals surface area contributed by atoms with E-state index in [1.165, 1.54) is 0 Å². The van der Waals surface area contributed by atoms with Crippen molar-refractivity contribution in [1.29, 1.82) is 0 Å². The number of thiocarbonyl (C=S) groups is 1. The fourth-order valence-electron chi connectivity index (χ4n) is 1.53. The number of nitrogens with two attached hydrogens (primary N) is 1. The first-order chi connectivity index (χ1) is 8.97. The van der Waals surface area contributed by atoms with Crippen molar-refractivity contribution in [3.05, 3.63) is 56.5 Å². The summed E-state index contributed by atoms with van der Waals surface area (Å²) in [5, 5.41) is 4.40. The lowest BCUT2D eigenvalue weighted by Gasteiger charge is -2.09. The highest BCUT2D eigenvalue weighted by atomic mass is 79.9. The summed E-state index contributed by atoms with van der Waals surface area (Å²) in [6, 6.07) is 11.0. The fraction of sp³-hybridized carbons (Fsp3) is 0. The zero-order valence-corrected chi connectivity index (χ0v) is 13.5. The third kappa shape index (κ3) is 3.60. The maximum absolute atomic E-state index is 6.11. The third-order valence-corrected chi connectivity index (χ3v) is 4.19. The van der Waals surface area contributed by atoms with Crippen LogP contribution in [0.3, 0.4) is 0 Å². The molecule has 98 valence electrons. The van der Waals surface area contributed by atoms with E-state index in [4.69, 9.17) is 41.2 Å². The monoisotopic (exact) mass is 374 g/mol. The second-order valence-electron chi connectivity index (χ2n) is 3.81. The zero-order valence-electron chi connectivity index (χ0n) is 9.58. The van der Waals surface area contributed by atoms with Crippen molar-refractivity contribution in [2.75, 3.05) is 5.32 Å². The quantitative estimate of drug-likeness (QED) is 0.730. The molecule has 0 saturated carbocycles. The van der Waals surface area contributed by atoms with Crippen LogP contribution in [0, 0.1) is 0 Å². The van der Waals surface area contributed by atoms with Crippen molar-refractivity contribution in [3.8, 4) is 0 Å². The van der Waals surface area contributed by atoms with Crippen LogP contribution in [0.1, 0.15) is 5.56 Å². The Morgan fingerprint density at radius 3 is 2.26 bits per heavy atom. The van der Waals surface area contributed by atoms with E-state index in [1.54, 1.807) is 18.2 Å². The minimum atomic E-state index is 0.283. The van der Waals surface area contributed by atoms with Crippen molar-refractivity contribution in [2.24, 2.45) is 5.73 Å². The number of benzene rings is 2. The molecule has 0 heterocycles. The molecule has 2 rings (SSSR count). The van der Waals surface area contributed by atoms with Crippen LogP contribution in [0.25, 0.3) is 0 Å². The van der Waals surface area contributed by atoms with Crippen LogP contribution in [0.2, 0.25) is 10.0 Å². The fourth-order valence-corrected chi connectivity index (χ4v) is 2.55. The molecule has 2 aromatic carbocycles. The standard InChI is InChI=1S/C13H9BrCl2N2S/c14-10-5-7(2-4-11(10)15)18-8-1-3-9(13(17)19)12(16)6-8/h1-6,18H,(H2,17,19). The van der Waals surface area contributed by atoms with Crippen molar-refractivity contribution < 1.29 is 0 Å². The van der Waals surface area contributed by atoms with E-state index in [9.17, 15) is 0 Å². The molecule has 0 aliphatic rings. The van der Waals surface area contributed by atoms with Crippen LogP contribution in [0.15, 0.2) is 40.9 Å². The van der Waals surface area contributed by atoms with Gasteiger partial charge in [-0.15, -0.1) is 0 Å². The number of hydrogen-bond donors (Lipinski definition) is 2. The van der Waals surface area contributed by atoms with Crippen molar-refractivity contribution in [1.82, 2.24) is 0 Å². The molecule has 0 fully saturated rings. The Bertz CT molecular complexity index is 647. The zero-order chi connectivity index (χ0) is 14.0. The molecule has 0 unspecified atom stereocenters. The Kier molecular flexibility index (Phi) is 4.68. The summed E-state index contributed by atoms with van der Waals surface area (Å²) in [4.78, 5) is 0.283. The summed E-state index contributed by atoms with van der Waals surface area (Å²) in [6.45, 7) is 0. The van der Waals surface area contributed by atoms with E-state index in [1.807, 2.05) is 18.2 Å². The molecule has 0 amide bonds. The molecule has 0 bridgehead atoms. The molecule has 0 saturated heterocycles. The molecule has 0 spiro atoms. The average molecular weight is 376 g/mol. The minimum Gasteiger partial charge on any atom is -0.389 e. The number of halogens is 3. The van der Waals surface area contributed by atoms with E-state index < -0.39 is 0 Å². The Morgan fingerprint density at radius 2 is 1.68 bits per heavy atom. The molecule has 0 radical (unpaired) electrons. The second kappa shape index (κ2) is 6.09. The van der Waals surface area contributed by atoms with Crippen LogP contribution < -0.4 is 11.1 Å². The number of anilines is 2. The first-order valence-corrected chi connectivity index (χ1v) is 7.24. The average Bonchev–Trinajstić information content (AvgIpc) is 2.33. The van der Waals surface area contributed by atoms with E-state index in [0.29, 0.717) is 15.6 Å². The van der Waals surface area contributed by atoms with Gasteiger partial charge >= 0.3 is 0 Å². The summed E-state index contributed by atoms with van der Waals surface area (Å²) >= 11 is 20.3. The van der Waals surface area contributed by atoms with Crippen molar-refractivity contribution >= 4 is 67.7 Å². The molecule has 0 aromatic heterocycles. The smallest absolute Gasteiger partial charge is 0.105 e. The molecule has 2 nitrogen and oxygen atoms in total.